The van der Waals surface area contributed by atoms with Crippen LogP contribution in [0.3, 0.4) is 0 Å². The second-order valence-corrected chi connectivity index (χ2v) is 4.92. The first-order valence-electron chi connectivity index (χ1n) is 5.92. The van der Waals surface area contributed by atoms with Crippen LogP contribution in [0.25, 0.3) is 0 Å². The van der Waals surface area contributed by atoms with Gasteiger partial charge in [0, 0.05) is 29.8 Å². The van der Waals surface area contributed by atoms with Crippen molar-refractivity contribution in [2.45, 2.75) is 32.4 Å². The topological polar surface area (TPSA) is 15.3 Å². The van der Waals surface area contributed by atoms with E-state index in [4.69, 9.17) is 11.6 Å². The molecule has 0 aliphatic carbocycles. The molecule has 0 aromatic heterocycles. The molecule has 0 spiro atoms. The lowest BCUT2D eigenvalue weighted by atomic mass is 10.1. The standard InChI is InChI=1S/C13H19ClN2/c1-10-4-3-7-16(10)13-8-12(14)6-5-11(13)9-15-2/h5-6,8,10,15H,3-4,7,9H2,1-2H3. The Bertz CT molecular complexity index is 365. The molecule has 1 N–H and O–H groups in total. The molecule has 1 heterocycles. The van der Waals surface area contributed by atoms with E-state index < -0.39 is 0 Å². The van der Waals surface area contributed by atoms with Crippen LogP contribution < -0.4 is 10.2 Å². The van der Waals surface area contributed by atoms with Crippen LogP contribution in [-0.4, -0.2) is 19.6 Å². The quantitative estimate of drug-likeness (QED) is 0.871. The summed E-state index contributed by atoms with van der Waals surface area (Å²) in [6, 6.07) is 6.82. The van der Waals surface area contributed by atoms with Crippen LogP contribution in [0.2, 0.25) is 5.02 Å². The molecule has 0 saturated carbocycles. The van der Waals surface area contributed by atoms with Crippen LogP contribution in [0.15, 0.2) is 18.2 Å². The van der Waals surface area contributed by atoms with Gasteiger partial charge in [-0.15, -0.1) is 0 Å². The molecule has 2 nitrogen and oxygen atoms in total. The number of nitrogens with one attached hydrogen (secondary N) is 1. The van der Waals surface area contributed by atoms with Gasteiger partial charge in [0.2, 0.25) is 0 Å². The summed E-state index contributed by atoms with van der Waals surface area (Å²) in [5.41, 5.74) is 2.63. The minimum Gasteiger partial charge on any atom is -0.369 e. The molecule has 1 aliphatic heterocycles. The fourth-order valence-corrected chi connectivity index (χ4v) is 2.60. The van der Waals surface area contributed by atoms with E-state index in [1.807, 2.05) is 13.1 Å². The highest BCUT2D eigenvalue weighted by molar-refractivity contribution is 6.30. The monoisotopic (exact) mass is 238 g/mol. The Morgan fingerprint density at radius 2 is 2.31 bits per heavy atom. The third-order valence-corrected chi connectivity index (χ3v) is 3.51. The van der Waals surface area contributed by atoms with Gasteiger partial charge in [0.15, 0.2) is 0 Å². The molecule has 0 bridgehead atoms. The Hall–Kier alpha value is -0.730. The molecule has 2 rings (SSSR count). The molecule has 1 saturated heterocycles. The first-order chi connectivity index (χ1) is 7.72. The summed E-state index contributed by atoms with van der Waals surface area (Å²) in [6.07, 6.45) is 2.57. The van der Waals surface area contributed by atoms with Crippen LogP contribution in [0.4, 0.5) is 5.69 Å². The van der Waals surface area contributed by atoms with Crippen LogP contribution in [-0.2, 0) is 6.54 Å². The van der Waals surface area contributed by atoms with Crippen molar-refractivity contribution in [1.29, 1.82) is 0 Å². The molecule has 1 fully saturated rings. The van der Waals surface area contributed by atoms with Crippen molar-refractivity contribution in [3.8, 4) is 0 Å². The van der Waals surface area contributed by atoms with Crippen LogP contribution in [0.1, 0.15) is 25.3 Å². The smallest absolute Gasteiger partial charge is 0.0429 e. The fraction of sp³-hybridized carbons (Fsp3) is 0.538. The lowest BCUT2D eigenvalue weighted by Gasteiger charge is -2.26. The Morgan fingerprint density at radius 1 is 1.50 bits per heavy atom. The third-order valence-electron chi connectivity index (χ3n) is 3.28. The predicted molar refractivity (Wildman–Crippen MR) is 70.3 cm³/mol. The zero-order chi connectivity index (χ0) is 11.5. The molecule has 0 radical (unpaired) electrons. The molecule has 1 unspecified atom stereocenters. The number of hydrogen-bond acceptors (Lipinski definition) is 2. The highest BCUT2D eigenvalue weighted by Crippen LogP contribution is 2.30. The second-order valence-electron chi connectivity index (χ2n) is 4.49. The first kappa shape index (κ1) is 11.7. The number of anilines is 1. The summed E-state index contributed by atoms with van der Waals surface area (Å²) in [4.78, 5) is 2.47. The molecule has 88 valence electrons. The van der Waals surface area contributed by atoms with E-state index in [9.17, 15) is 0 Å². The van der Waals surface area contributed by atoms with Gasteiger partial charge in [-0.05, 0) is 44.5 Å². The van der Waals surface area contributed by atoms with Gasteiger partial charge < -0.3 is 10.2 Å². The number of halogens is 1. The number of hydrogen-bond donors (Lipinski definition) is 1. The van der Waals surface area contributed by atoms with E-state index in [1.54, 1.807) is 0 Å². The summed E-state index contributed by atoms with van der Waals surface area (Å²) in [5.74, 6) is 0. The van der Waals surface area contributed by atoms with E-state index in [1.165, 1.54) is 24.1 Å². The molecular weight excluding hydrogens is 220 g/mol. The maximum atomic E-state index is 6.10. The van der Waals surface area contributed by atoms with Crippen molar-refractivity contribution in [3.63, 3.8) is 0 Å². The Balaban J connectivity index is 2.32. The lowest BCUT2D eigenvalue weighted by Crippen LogP contribution is -2.27. The van der Waals surface area contributed by atoms with Gasteiger partial charge in [-0.2, -0.15) is 0 Å². The van der Waals surface area contributed by atoms with Crippen LogP contribution >= 0.6 is 11.6 Å². The predicted octanol–water partition coefficient (Wildman–Crippen LogP) is 3.05. The summed E-state index contributed by atoms with van der Waals surface area (Å²) < 4.78 is 0. The molecule has 1 atom stereocenters. The first-order valence-corrected chi connectivity index (χ1v) is 6.30. The molecule has 1 aromatic carbocycles. The number of benzene rings is 1. The van der Waals surface area contributed by atoms with Gasteiger partial charge in [-0.1, -0.05) is 17.7 Å². The molecule has 3 heteroatoms. The van der Waals surface area contributed by atoms with Gasteiger partial charge >= 0.3 is 0 Å². The summed E-state index contributed by atoms with van der Waals surface area (Å²) in [5, 5.41) is 4.04. The van der Waals surface area contributed by atoms with E-state index in [-0.39, 0.29) is 0 Å². The Kier molecular flexibility index (Phi) is 3.72. The SMILES string of the molecule is CNCc1ccc(Cl)cc1N1CCCC1C. The summed E-state index contributed by atoms with van der Waals surface area (Å²) >= 11 is 6.10. The van der Waals surface area contributed by atoms with Crippen LogP contribution in [0, 0.1) is 0 Å². The zero-order valence-electron chi connectivity index (χ0n) is 9.96. The van der Waals surface area contributed by atoms with E-state index >= 15 is 0 Å². The molecular formula is C13H19ClN2. The van der Waals surface area contributed by atoms with Crippen molar-refractivity contribution < 1.29 is 0 Å². The molecule has 1 aromatic rings. The Labute approximate surface area is 103 Å². The number of rotatable bonds is 3. The van der Waals surface area contributed by atoms with Crippen molar-refractivity contribution >= 4 is 17.3 Å². The third kappa shape index (κ3) is 2.33. The van der Waals surface area contributed by atoms with E-state index in [0.717, 1.165) is 18.1 Å². The van der Waals surface area contributed by atoms with Crippen LogP contribution in [0.5, 0.6) is 0 Å². The molecule has 16 heavy (non-hydrogen) atoms. The Morgan fingerprint density at radius 3 is 2.94 bits per heavy atom. The van der Waals surface area contributed by atoms with Crippen molar-refractivity contribution in [2.75, 3.05) is 18.5 Å². The van der Waals surface area contributed by atoms with Gasteiger partial charge in [0.05, 0.1) is 0 Å². The summed E-state index contributed by atoms with van der Waals surface area (Å²) in [7, 11) is 1.98. The lowest BCUT2D eigenvalue weighted by molar-refractivity contribution is 0.726. The average molecular weight is 239 g/mol. The largest absolute Gasteiger partial charge is 0.369 e. The minimum absolute atomic E-state index is 0.633. The maximum absolute atomic E-state index is 6.10. The summed E-state index contributed by atoms with van der Waals surface area (Å²) in [6.45, 7) is 4.34. The fourth-order valence-electron chi connectivity index (χ4n) is 2.44. The van der Waals surface area contributed by atoms with Crippen molar-refractivity contribution in [1.82, 2.24) is 5.32 Å². The van der Waals surface area contributed by atoms with Gasteiger partial charge in [0.25, 0.3) is 0 Å². The number of nitrogens with zero attached hydrogens (tertiary/aromatic N) is 1. The van der Waals surface area contributed by atoms with Gasteiger partial charge in [0.1, 0.15) is 0 Å². The van der Waals surface area contributed by atoms with Gasteiger partial charge in [-0.25, -0.2) is 0 Å². The maximum Gasteiger partial charge on any atom is 0.0429 e. The zero-order valence-corrected chi connectivity index (χ0v) is 10.7. The normalized spacial score (nSPS) is 20.4. The average Bonchev–Trinajstić information content (AvgIpc) is 2.67. The van der Waals surface area contributed by atoms with Gasteiger partial charge in [-0.3, -0.25) is 0 Å². The second kappa shape index (κ2) is 5.07. The van der Waals surface area contributed by atoms with E-state index in [2.05, 4.69) is 29.3 Å². The van der Waals surface area contributed by atoms with Crippen molar-refractivity contribution in [2.24, 2.45) is 0 Å². The minimum atomic E-state index is 0.633. The highest BCUT2D eigenvalue weighted by Gasteiger charge is 2.22. The molecule has 0 amide bonds. The van der Waals surface area contributed by atoms with Crippen molar-refractivity contribution in [3.05, 3.63) is 28.8 Å². The molecule has 1 aliphatic rings. The highest BCUT2D eigenvalue weighted by atomic mass is 35.5. The van der Waals surface area contributed by atoms with E-state index in [0.29, 0.717) is 6.04 Å².